The van der Waals surface area contributed by atoms with E-state index in [0.717, 1.165) is 12.1 Å². The fraction of sp³-hybridized carbons (Fsp3) is 0.300. The van der Waals surface area contributed by atoms with E-state index in [2.05, 4.69) is 4.74 Å². The van der Waals surface area contributed by atoms with Crippen LogP contribution in [-0.4, -0.2) is 22.5 Å². The van der Waals surface area contributed by atoms with Gasteiger partial charge in [-0.3, -0.25) is 9.00 Å². The van der Waals surface area contributed by atoms with E-state index in [4.69, 9.17) is 0 Å². The van der Waals surface area contributed by atoms with Crippen molar-refractivity contribution in [1.29, 1.82) is 0 Å². The Bertz CT molecular complexity index is 434. The van der Waals surface area contributed by atoms with Crippen molar-refractivity contribution in [3.8, 4) is 0 Å². The molecule has 0 amide bonds. The lowest BCUT2D eigenvalue weighted by molar-refractivity contribution is -0.139. The fourth-order valence-corrected chi connectivity index (χ4v) is 2.16. The molecule has 2 unspecified atom stereocenters. The van der Waals surface area contributed by atoms with Gasteiger partial charge in [0.25, 0.3) is 0 Å². The SMILES string of the molecule is COC(=O)C(C)S(=O)c1ccc(F)c(F)c1. The Morgan fingerprint density at radius 1 is 1.38 bits per heavy atom. The van der Waals surface area contributed by atoms with Crippen molar-refractivity contribution in [2.75, 3.05) is 7.11 Å². The highest BCUT2D eigenvalue weighted by atomic mass is 32.2. The van der Waals surface area contributed by atoms with Crippen molar-refractivity contribution in [1.82, 2.24) is 0 Å². The topological polar surface area (TPSA) is 43.4 Å². The lowest BCUT2D eigenvalue weighted by Crippen LogP contribution is -2.23. The summed E-state index contributed by atoms with van der Waals surface area (Å²) in [6.07, 6.45) is 0. The number of esters is 1. The molecule has 0 saturated carbocycles. The molecule has 0 spiro atoms. The normalized spacial score (nSPS) is 14.2. The number of carbonyl (C=O) groups is 1. The van der Waals surface area contributed by atoms with Crippen LogP contribution >= 0.6 is 0 Å². The third kappa shape index (κ3) is 2.63. The summed E-state index contributed by atoms with van der Waals surface area (Å²) < 4.78 is 41.6. The summed E-state index contributed by atoms with van der Waals surface area (Å²) in [5, 5.41) is -0.921. The summed E-state index contributed by atoms with van der Waals surface area (Å²) in [5.74, 6) is -2.78. The molecule has 0 radical (unpaired) electrons. The number of carbonyl (C=O) groups excluding carboxylic acids is 1. The average molecular weight is 248 g/mol. The lowest BCUT2D eigenvalue weighted by Gasteiger charge is -2.09. The quantitative estimate of drug-likeness (QED) is 0.764. The average Bonchev–Trinajstić information content (AvgIpc) is 2.29. The standard InChI is InChI=1S/C10H10F2O3S/c1-6(10(13)15-2)16(14)7-3-4-8(11)9(12)5-7/h3-6H,1-2H3. The van der Waals surface area contributed by atoms with Gasteiger partial charge < -0.3 is 4.74 Å². The van der Waals surface area contributed by atoms with Gasteiger partial charge in [-0.2, -0.15) is 0 Å². The second kappa shape index (κ2) is 5.16. The zero-order valence-electron chi connectivity index (χ0n) is 8.70. The van der Waals surface area contributed by atoms with Crippen molar-refractivity contribution >= 4 is 16.8 Å². The van der Waals surface area contributed by atoms with Crippen LogP contribution in [-0.2, 0) is 20.3 Å². The van der Waals surface area contributed by atoms with E-state index in [0.29, 0.717) is 0 Å². The highest BCUT2D eigenvalue weighted by molar-refractivity contribution is 7.86. The van der Waals surface area contributed by atoms with E-state index in [-0.39, 0.29) is 4.90 Å². The molecule has 1 aromatic rings. The molecule has 0 bridgehead atoms. The molecular formula is C10H10F2O3S. The van der Waals surface area contributed by atoms with Gasteiger partial charge in [-0.25, -0.2) is 8.78 Å². The first kappa shape index (κ1) is 12.8. The molecule has 1 rings (SSSR count). The monoisotopic (exact) mass is 248 g/mol. The Labute approximate surface area is 93.9 Å². The molecule has 0 aliphatic heterocycles. The number of hydrogen-bond acceptors (Lipinski definition) is 3. The largest absolute Gasteiger partial charge is 0.468 e. The van der Waals surface area contributed by atoms with Crippen molar-refractivity contribution in [2.24, 2.45) is 0 Å². The minimum atomic E-state index is -1.76. The van der Waals surface area contributed by atoms with Crippen molar-refractivity contribution < 1.29 is 22.5 Å². The van der Waals surface area contributed by atoms with Gasteiger partial charge >= 0.3 is 5.97 Å². The van der Waals surface area contributed by atoms with Crippen molar-refractivity contribution in [3.63, 3.8) is 0 Å². The molecule has 0 aromatic heterocycles. The van der Waals surface area contributed by atoms with E-state index < -0.39 is 33.7 Å². The number of ether oxygens (including phenoxy) is 1. The number of benzene rings is 1. The second-order valence-electron chi connectivity index (χ2n) is 3.04. The van der Waals surface area contributed by atoms with Crippen LogP contribution in [0.4, 0.5) is 8.78 Å². The first-order valence-electron chi connectivity index (χ1n) is 4.41. The molecule has 0 fully saturated rings. The predicted octanol–water partition coefficient (Wildman–Crippen LogP) is 1.63. The molecule has 16 heavy (non-hydrogen) atoms. The highest BCUT2D eigenvalue weighted by Crippen LogP contribution is 2.15. The van der Waals surface area contributed by atoms with Crippen LogP contribution in [0.3, 0.4) is 0 Å². The Morgan fingerprint density at radius 3 is 2.50 bits per heavy atom. The molecule has 3 nitrogen and oxygen atoms in total. The zero-order chi connectivity index (χ0) is 12.3. The summed E-state index contributed by atoms with van der Waals surface area (Å²) in [6.45, 7) is 1.39. The first-order chi connectivity index (χ1) is 7.47. The van der Waals surface area contributed by atoms with E-state index in [1.165, 1.54) is 20.1 Å². The van der Waals surface area contributed by atoms with Crippen LogP contribution in [0, 0.1) is 11.6 Å². The van der Waals surface area contributed by atoms with E-state index in [1.807, 2.05) is 0 Å². The molecule has 0 N–H and O–H groups in total. The highest BCUT2D eigenvalue weighted by Gasteiger charge is 2.22. The lowest BCUT2D eigenvalue weighted by atomic mass is 10.3. The smallest absolute Gasteiger partial charge is 0.321 e. The summed E-state index contributed by atoms with van der Waals surface area (Å²) in [6, 6.07) is 2.85. The van der Waals surface area contributed by atoms with Gasteiger partial charge in [-0.1, -0.05) is 0 Å². The maximum Gasteiger partial charge on any atom is 0.321 e. The maximum atomic E-state index is 12.9. The van der Waals surface area contributed by atoms with E-state index >= 15 is 0 Å². The number of hydrogen-bond donors (Lipinski definition) is 0. The maximum absolute atomic E-state index is 12.9. The Kier molecular flexibility index (Phi) is 4.12. The number of methoxy groups -OCH3 is 1. The number of halogens is 2. The minimum absolute atomic E-state index is 0.0526. The number of rotatable bonds is 3. The first-order valence-corrected chi connectivity index (χ1v) is 5.62. The summed E-state index contributed by atoms with van der Waals surface area (Å²) in [7, 11) is -0.590. The summed E-state index contributed by atoms with van der Waals surface area (Å²) >= 11 is 0. The van der Waals surface area contributed by atoms with Gasteiger partial charge in [0.05, 0.1) is 17.9 Å². The van der Waals surface area contributed by atoms with Crippen LogP contribution in [0.1, 0.15) is 6.92 Å². The molecule has 2 atom stereocenters. The zero-order valence-corrected chi connectivity index (χ0v) is 9.51. The van der Waals surface area contributed by atoms with Crippen LogP contribution in [0.5, 0.6) is 0 Å². The van der Waals surface area contributed by atoms with E-state index in [1.54, 1.807) is 0 Å². The van der Waals surface area contributed by atoms with Gasteiger partial charge in [0.1, 0.15) is 5.25 Å². The molecule has 0 aliphatic carbocycles. The van der Waals surface area contributed by atoms with Gasteiger partial charge in [0, 0.05) is 4.90 Å². The van der Waals surface area contributed by atoms with E-state index in [9.17, 15) is 17.8 Å². The molecular weight excluding hydrogens is 238 g/mol. The molecule has 0 heterocycles. The van der Waals surface area contributed by atoms with Crippen LogP contribution in [0.15, 0.2) is 23.1 Å². The summed E-state index contributed by atoms with van der Waals surface area (Å²) in [5.41, 5.74) is 0. The Hall–Kier alpha value is -1.30. The van der Waals surface area contributed by atoms with Crippen LogP contribution < -0.4 is 0 Å². The fourth-order valence-electron chi connectivity index (χ4n) is 1.06. The van der Waals surface area contributed by atoms with Gasteiger partial charge in [0.15, 0.2) is 11.6 Å². The minimum Gasteiger partial charge on any atom is -0.468 e. The molecule has 6 heteroatoms. The predicted molar refractivity (Wildman–Crippen MR) is 54.2 cm³/mol. The summed E-state index contributed by atoms with van der Waals surface area (Å²) in [4.78, 5) is 11.1. The molecule has 88 valence electrons. The third-order valence-electron chi connectivity index (χ3n) is 1.98. The van der Waals surface area contributed by atoms with Crippen LogP contribution in [0.25, 0.3) is 0 Å². The molecule has 0 saturated heterocycles. The second-order valence-corrected chi connectivity index (χ2v) is 4.81. The van der Waals surface area contributed by atoms with Crippen LogP contribution in [0.2, 0.25) is 0 Å². The van der Waals surface area contributed by atoms with Gasteiger partial charge in [0.2, 0.25) is 0 Å². The Morgan fingerprint density at radius 2 is 2.00 bits per heavy atom. The van der Waals surface area contributed by atoms with Gasteiger partial charge in [-0.15, -0.1) is 0 Å². The van der Waals surface area contributed by atoms with Gasteiger partial charge in [-0.05, 0) is 25.1 Å². The van der Waals surface area contributed by atoms with Crippen molar-refractivity contribution in [2.45, 2.75) is 17.1 Å². The molecule has 1 aromatic carbocycles. The third-order valence-corrected chi connectivity index (χ3v) is 3.53. The molecule has 0 aliphatic rings. The van der Waals surface area contributed by atoms with Crippen molar-refractivity contribution in [3.05, 3.63) is 29.8 Å². The Balaban J connectivity index is 2.97.